The molecule has 9 rings (SSSR count). The molecule has 4 nitrogen and oxygen atoms in total. The second-order valence-electron chi connectivity index (χ2n) is 18.0. The lowest BCUT2D eigenvalue weighted by molar-refractivity contribution is 0.587. The fourth-order valence-electron chi connectivity index (χ4n) is 9.00. The molecule has 0 unspecified atom stereocenters. The minimum absolute atomic E-state index is 0.0172. The standard InChI is InChI=1S/C53H52N4/c1-36-23-26-47-49(29-36)55(8)35-56(47)43-31-41(52(5,6)7)30-42(32-43)53(37-17-11-9-12-18-37,38-19-13-10-14-20-38)40-24-25-45-44-21-15-16-22-46(44)57(48(45)33-40)50-34-39(27-28-54-50)51(2,3)4/h9-34H,35H2,1-8H3. The van der Waals surface area contributed by atoms with Crippen LogP contribution in [0.5, 0.6) is 0 Å². The Kier molecular flexibility index (Phi) is 8.66. The van der Waals surface area contributed by atoms with Crippen LogP contribution in [-0.4, -0.2) is 23.3 Å². The zero-order valence-corrected chi connectivity index (χ0v) is 34.5. The van der Waals surface area contributed by atoms with Crippen molar-refractivity contribution < 1.29 is 0 Å². The van der Waals surface area contributed by atoms with Crippen molar-refractivity contribution in [2.45, 2.75) is 64.7 Å². The van der Waals surface area contributed by atoms with E-state index in [4.69, 9.17) is 4.98 Å². The first-order chi connectivity index (χ1) is 27.3. The normalized spacial score (nSPS) is 13.5. The van der Waals surface area contributed by atoms with E-state index in [0.29, 0.717) is 0 Å². The highest BCUT2D eigenvalue weighted by Crippen LogP contribution is 2.50. The van der Waals surface area contributed by atoms with Crippen molar-refractivity contribution in [1.29, 1.82) is 0 Å². The number of nitrogens with zero attached hydrogens (tertiary/aromatic N) is 4. The maximum atomic E-state index is 5.04. The van der Waals surface area contributed by atoms with Crippen LogP contribution in [0.2, 0.25) is 0 Å². The summed E-state index contributed by atoms with van der Waals surface area (Å²) >= 11 is 0. The third-order valence-corrected chi connectivity index (χ3v) is 12.1. The van der Waals surface area contributed by atoms with Crippen LogP contribution >= 0.6 is 0 Å². The highest BCUT2D eigenvalue weighted by Gasteiger charge is 2.40. The molecule has 57 heavy (non-hydrogen) atoms. The molecule has 3 heterocycles. The number of aromatic nitrogens is 2. The fourth-order valence-corrected chi connectivity index (χ4v) is 9.00. The molecule has 0 aliphatic carbocycles. The SMILES string of the molecule is Cc1ccc2c(c1)N(C)CN2c1cc(C(C)(C)C)cc(C(c2ccccc2)(c2ccccc2)c2ccc3c4ccccc4n(-c4cc(C(C)(C)C)ccn4)c3c2)c1. The summed E-state index contributed by atoms with van der Waals surface area (Å²) in [4.78, 5) is 9.89. The van der Waals surface area contributed by atoms with E-state index in [1.165, 1.54) is 66.8 Å². The van der Waals surface area contributed by atoms with E-state index >= 15 is 0 Å². The highest BCUT2D eigenvalue weighted by atomic mass is 15.4. The average Bonchev–Trinajstić information content (AvgIpc) is 3.72. The van der Waals surface area contributed by atoms with E-state index in [1.54, 1.807) is 0 Å². The molecule has 8 aromatic rings. The third kappa shape index (κ3) is 6.10. The summed E-state index contributed by atoms with van der Waals surface area (Å²) in [5.41, 5.74) is 13.9. The summed E-state index contributed by atoms with van der Waals surface area (Å²) in [6.07, 6.45) is 1.97. The van der Waals surface area contributed by atoms with E-state index in [9.17, 15) is 0 Å². The maximum Gasteiger partial charge on any atom is 0.137 e. The van der Waals surface area contributed by atoms with Crippen LogP contribution in [0.25, 0.3) is 27.6 Å². The largest absolute Gasteiger partial charge is 0.355 e. The van der Waals surface area contributed by atoms with Gasteiger partial charge in [0.1, 0.15) is 5.82 Å². The highest BCUT2D eigenvalue weighted by molar-refractivity contribution is 6.09. The van der Waals surface area contributed by atoms with E-state index in [0.717, 1.165) is 23.5 Å². The topological polar surface area (TPSA) is 24.3 Å². The Hall–Kier alpha value is -6.13. The van der Waals surface area contributed by atoms with Gasteiger partial charge in [0.2, 0.25) is 0 Å². The van der Waals surface area contributed by atoms with Gasteiger partial charge in [-0.05, 0) is 105 Å². The first-order valence-corrected chi connectivity index (χ1v) is 20.2. The zero-order chi connectivity index (χ0) is 39.7. The first-order valence-electron chi connectivity index (χ1n) is 20.2. The summed E-state index contributed by atoms with van der Waals surface area (Å²) in [5.74, 6) is 0.930. The first kappa shape index (κ1) is 36.5. The van der Waals surface area contributed by atoms with Gasteiger partial charge < -0.3 is 9.80 Å². The lowest BCUT2D eigenvalue weighted by Gasteiger charge is -2.38. The van der Waals surface area contributed by atoms with Crippen molar-refractivity contribution in [3.63, 3.8) is 0 Å². The van der Waals surface area contributed by atoms with Crippen LogP contribution in [0.3, 0.4) is 0 Å². The number of pyridine rings is 1. The molecule has 0 radical (unpaired) electrons. The molecule has 4 heteroatoms. The molecule has 6 aromatic carbocycles. The Morgan fingerprint density at radius 2 is 1.12 bits per heavy atom. The van der Waals surface area contributed by atoms with Gasteiger partial charge in [0.05, 0.1) is 34.5 Å². The van der Waals surface area contributed by atoms with E-state index in [1.807, 2.05) is 6.20 Å². The molecule has 1 aliphatic rings. The summed E-state index contributed by atoms with van der Waals surface area (Å²) in [7, 11) is 2.20. The third-order valence-electron chi connectivity index (χ3n) is 12.1. The molecule has 284 valence electrons. The number of para-hydroxylation sites is 1. The monoisotopic (exact) mass is 744 g/mol. The molecule has 0 spiro atoms. The zero-order valence-electron chi connectivity index (χ0n) is 34.5. The van der Waals surface area contributed by atoms with E-state index < -0.39 is 5.41 Å². The number of anilines is 3. The van der Waals surface area contributed by atoms with Crippen molar-refractivity contribution >= 4 is 38.9 Å². The predicted molar refractivity (Wildman–Crippen MR) is 241 cm³/mol. The van der Waals surface area contributed by atoms with Gasteiger partial charge in [-0.15, -0.1) is 0 Å². The molecule has 0 saturated heterocycles. The number of rotatable bonds is 6. The summed E-state index contributed by atoms with van der Waals surface area (Å²) in [5, 5.41) is 2.43. The van der Waals surface area contributed by atoms with Crippen LogP contribution < -0.4 is 9.80 Å². The van der Waals surface area contributed by atoms with Gasteiger partial charge in [-0.2, -0.15) is 0 Å². The number of aryl methyl sites for hydroxylation is 1. The van der Waals surface area contributed by atoms with E-state index in [-0.39, 0.29) is 10.8 Å². The smallest absolute Gasteiger partial charge is 0.137 e. The number of benzene rings is 6. The number of fused-ring (bicyclic) bond motifs is 4. The van der Waals surface area contributed by atoms with Gasteiger partial charge in [0.15, 0.2) is 0 Å². The van der Waals surface area contributed by atoms with Gasteiger partial charge >= 0.3 is 0 Å². The summed E-state index contributed by atoms with van der Waals surface area (Å²) in [6, 6.07) is 56.8. The van der Waals surface area contributed by atoms with Gasteiger partial charge in [0, 0.05) is 29.7 Å². The van der Waals surface area contributed by atoms with Gasteiger partial charge in [-0.1, -0.05) is 145 Å². The van der Waals surface area contributed by atoms with Crippen molar-refractivity contribution in [2.75, 3.05) is 23.5 Å². The molecular formula is C53H52N4. The fraction of sp³-hybridized carbons (Fsp3) is 0.226. The second-order valence-corrected chi connectivity index (χ2v) is 18.0. The Morgan fingerprint density at radius 3 is 1.81 bits per heavy atom. The molecule has 0 atom stereocenters. The number of hydrogen-bond acceptors (Lipinski definition) is 3. The molecule has 0 saturated carbocycles. The molecule has 0 N–H and O–H groups in total. The molecule has 1 aliphatic heterocycles. The molecular weight excluding hydrogens is 693 g/mol. The lowest BCUT2D eigenvalue weighted by Crippen LogP contribution is -2.32. The Balaban J connectivity index is 1.39. The minimum atomic E-state index is -0.670. The Morgan fingerprint density at radius 1 is 0.491 bits per heavy atom. The van der Waals surface area contributed by atoms with Crippen LogP contribution in [0.15, 0.2) is 158 Å². The summed E-state index contributed by atoms with van der Waals surface area (Å²) < 4.78 is 2.38. The number of hydrogen-bond donors (Lipinski definition) is 0. The minimum Gasteiger partial charge on any atom is -0.355 e. The quantitative estimate of drug-likeness (QED) is 0.158. The molecule has 0 fully saturated rings. The Bertz CT molecular complexity index is 2720. The second kappa shape index (κ2) is 13.5. The van der Waals surface area contributed by atoms with Crippen molar-refractivity contribution in [1.82, 2.24) is 9.55 Å². The summed E-state index contributed by atoms with van der Waals surface area (Å²) in [6.45, 7) is 16.8. The molecule has 0 bridgehead atoms. The van der Waals surface area contributed by atoms with Crippen LogP contribution in [0.4, 0.5) is 17.1 Å². The Labute approximate surface area is 338 Å². The van der Waals surface area contributed by atoms with Crippen LogP contribution in [0, 0.1) is 6.92 Å². The predicted octanol–water partition coefficient (Wildman–Crippen LogP) is 13.0. The van der Waals surface area contributed by atoms with Gasteiger partial charge in [-0.3, -0.25) is 4.57 Å². The van der Waals surface area contributed by atoms with Crippen molar-refractivity contribution in [2.24, 2.45) is 0 Å². The van der Waals surface area contributed by atoms with Crippen molar-refractivity contribution in [3.05, 3.63) is 197 Å². The molecule has 0 amide bonds. The van der Waals surface area contributed by atoms with Gasteiger partial charge in [-0.25, -0.2) is 4.98 Å². The van der Waals surface area contributed by atoms with Crippen LogP contribution in [-0.2, 0) is 16.2 Å². The average molecular weight is 745 g/mol. The van der Waals surface area contributed by atoms with E-state index in [2.05, 4.69) is 222 Å². The van der Waals surface area contributed by atoms with Crippen LogP contribution in [0.1, 0.15) is 80.5 Å². The van der Waals surface area contributed by atoms with Crippen molar-refractivity contribution in [3.8, 4) is 5.82 Å². The molecule has 2 aromatic heterocycles. The van der Waals surface area contributed by atoms with Gasteiger partial charge in [0.25, 0.3) is 0 Å². The maximum absolute atomic E-state index is 5.04. The lowest BCUT2D eigenvalue weighted by atomic mass is 9.64.